The number of carbonyl (C=O) groups is 2. The molecule has 1 fully saturated rings. The minimum Gasteiger partial charge on any atom is -0.451 e. The van der Waals surface area contributed by atoms with Crippen molar-refractivity contribution in [2.75, 3.05) is 25.0 Å². The molecule has 1 aromatic carbocycles. The summed E-state index contributed by atoms with van der Waals surface area (Å²) in [6.07, 6.45) is 5.19. The Hall–Kier alpha value is -2.78. The van der Waals surface area contributed by atoms with Gasteiger partial charge in [-0.2, -0.15) is 4.31 Å². The average Bonchev–Trinajstić information content (AvgIpc) is 3.04. The minimum absolute atomic E-state index is 0.103. The Balaban J connectivity index is 1.67. The monoisotopic (exact) mass is 431 g/mol. The number of aryl methyl sites for hydroxylation is 1. The van der Waals surface area contributed by atoms with Crippen molar-refractivity contribution in [3.63, 3.8) is 0 Å². The number of pyridine rings is 1. The van der Waals surface area contributed by atoms with Crippen molar-refractivity contribution in [1.82, 2.24) is 9.29 Å². The number of anilines is 1. The van der Waals surface area contributed by atoms with Crippen LogP contribution in [0.5, 0.6) is 0 Å². The maximum atomic E-state index is 13.1. The lowest BCUT2D eigenvalue weighted by atomic mass is 10.2. The molecule has 1 aliphatic rings. The van der Waals surface area contributed by atoms with Gasteiger partial charge in [0, 0.05) is 25.0 Å². The molecule has 1 N–H and O–H groups in total. The molecule has 8 nitrogen and oxygen atoms in total. The smallest absolute Gasteiger partial charge is 0.357 e. The summed E-state index contributed by atoms with van der Waals surface area (Å²) in [7, 11) is -3.65. The summed E-state index contributed by atoms with van der Waals surface area (Å²) in [6.45, 7) is 2.23. The largest absolute Gasteiger partial charge is 0.451 e. The molecule has 0 spiro atoms. The molecule has 1 saturated heterocycles. The third kappa shape index (κ3) is 5.43. The van der Waals surface area contributed by atoms with Gasteiger partial charge in [-0.25, -0.2) is 18.2 Å². The van der Waals surface area contributed by atoms with Crippen molar-refractivity contribution in [1.29, 1.82) is 0 Å². The number of nitrogens with one attached hydrogen (secondary N) is 1. The van der Waals surface area contributed by atoms with E-state index >= 15 is 0 Å². The second-order valence-electron chi connectivity index (χ2n) is 7.14. The van der Waals surface area contributed by atoms with E-state index in [2.05, 4.69) is 10.3 Å². The highest BCUT2D eigenvalue weighted by molar-refractivity contribution is 7.89. The van der Waals surface area contributed by atoms with Gasteiger partial charge >= 0.3 is 5.97 Å². The van der Waals surface area contributed by atoms with Crippen LogP contribution in [-0.4, -0.2) is 49.3 Å². The number of esters is 1. The van der Waals surface area contributed by atoms with Gasteiger partial charge in [0.2, 0.25) is 10.0 Å². The van der Waals surface area contributed by atoms with E-state index in [0.717, 1.165) is 25.7 Å². The van der Waals surface area contributed by atoms with E-state index in [0.29, 0.717) is 24.3 Å². The van der Waals surface area contributed by atoms with E-state index in [1.807, 2.05) is 0 Å². The van der Waals surface area contributed by atoms with Crippen molar-refractivity contribution in [3.05, 3.63) is 53.9 Å². The van der Waals surface area contributed by atoms with E-state index in [-0.39, 0.29) is 10.6 Å². The molecule has 2 aromatic rings. The van der Waals surface area contributed by atoms with Crippen LogP contribution in [0, 0.1) is 6.92 Å². The van der Waals surface area contributed by atoms with Crippen LogP contribution in [0.2, 0.25) is 0 Å². The van der Waals surface area contributed by atoms with Crippen molar-refractivity contribution in [3.8, 4) is 0 Å². The van der Waals surface area contributed by atoms with Gasteiger partial charge in [-0.15, -0.1) is 0 Å². The molecule has 160 valence electrons. The number of hydrogen-bond donors (Lipinski definition) is 1. The average molecular weight is 432 g/mol. The van der Waals surface area contributed by atoms with Crippen molar-refractivity contribution < 1.29 is 22.7 Å². The van der Waals surface area contributed by atoms with Gasteiger partial charge in [0.15, 0.2) is 6.61 Å². The number of sulfonamides is 1. The molecule has 0 unspecified atom stereocenters. The molecule has 0 saturated carbocycles. The van der Waals surface area contributed by atoms with E-state index in [1.54, 1.807) is 31.2 Å². The van der Waals surface area contributed by atoms with Crippen LogP contribution in [0.15, 0.2) is 47.5 Å². The Morgan fingerprint density at radius 2 is 1.83 bits per heavy atom. The van der Waals surface area contributed by atoms with Gasteiger partial charge in [-0.05, 0) is 49.6 Å². The van der Waals surface area contributed by atoms with E-state index < -0.39 is 28.5 Å². The number of aromatic nitrogens is 1. The zero-order valence-electron chi connectivity index (χ0n) is 16.8. The Kier molecular flexibility index (Phi) is 7.17. The van der Waals surface area contributed by atoms with Crippen LogP contribution in [-0.2, 0) is 19.6 Å². The highest BCUT2D eigenvalue weighted by Crippen LogP contribution is 2.25. The number of rotatable bonds is 6. The molecule has 1 aliphatic heterocycles. The fraction of sp³-hybridized carbons (Fsp3) is 0.381. The molecule has 3 rings (SSSR count). The van der Waals surface area contributed by atoms with Crippen LogP contribution in [0.25, 0.3) is 0 Å². The predicted molar refractivity (Wildman–Crippen MR) is 112 cm³/mol. The summed E-state index contributed by atoms with van der Waals surface area (Å²) >= 11 is 0. The molecule has 0 bridgehead atoms. The summed E-state index contributed by atoms with van der Waals surface area (Å²) in [5, 5.41) is 2.58. The van der Waals surface area contributed by atoms with Crippen LogP contribution in [0.1, 0.15) is 41.7 Å². The first-order valence-electron chi connectivity index (χ1n) is 9.87. The Morgan fingerprint density at radius 3 is 2.50 bits per heavy atom. The van der Waals surface area contributed by atoms with Crippen molar-refractivity contribution in [2.24, 2.45) is 0 Å². The van der Waals surface area contributed by atoms with Gasteiger partial charge in [0.25, 0.3) is 5.91 Å². The number of ether oxygens (including phenoxy) is 1. The van der Waals surface area contributed by atoms with E-state index in [1.165, 1.54) is 22.6 Å². The first-order valence-corrected chi connectivity index (χ1v) is 11.3. The number of benzene rings is 1. The summed E-state index contributed by atoms with van der Waals surface area (Å²) in [6, 6.07) is 9.52. The molecular weight excluding hydrogens is 406 g/mol. The maximum Gasteiger partial charge on any atom is 0.357 e. The number of amides is 1. The Bertz CT molecular complexity index is 1000. The highest BCUT2D eigenvalue weighted by Gasteiger charge is 2.27. The third-order valence-corrected chi connectivity index (χ3v) is 6.90. The van der Waals surface area contributed by atoms with Gasteiger partial charge < -0.3 is 10.1 Å². The lowest BCUT2D eigenvalue weighted by molar-refractivity contribution is -0.119. The molecule has 1 aromatic heterocycles. The van der Waals surface area contributed by atoms with E-state index in [9.17, 15) is 18.0 Å². The second-order valence-corrected chi connectivity index (χ2v) is 9.04. The fourth-order valence-corrected chi connectivity index (χ4v) is 5.03. The van der Waals surface area contributed by atoms with E-state index in [4.69, 9.17) is 4.74 Å². The summed E-state index contributed by atoms with van der Waals surface area (Å²) in [4.78, 5) is 28.1. The van der Waals surface area contributed by atoms with Crippen LogP contribution >= 0.6 is 0 Å². The zero-order chi connectivity index (χ0) is 21.6. The number of carbonyl (C=O) groups excluding carboxylic acids is 2. The third-order valence-electron chi connectivity index (χ3n) is 4.86. The number of hydrogen-bond acceptors (Lipinski definition) is 6. The van der Waals surface area contributed by atoms with Crippen LogP contribution < -0.4 is 5.32 Å². The minimum atomic E-state index is -3.65. The highest BCUT2D eigenvalue weighted by atomic mass is 32.2. The molecule has 1 amide bonds. The lowest BCUT2D eigenvalue weighted by Crippen LogP contribution is -2.32. The van der Waals surface area contributed by atoms with Crippen LogP contribution in [0.4, 0.5) is 5.69 Å². The second kappa shape index (κ2) is 9.82. The molecule has 0 radical (unpaired) electrons. The zero-order valence-corrected chi connectivity index (χ0v) is 17.7. The summed E-state index contributed by atoms with van der Waals surface area (Å²) in [5.74, 6) is -1.28. The normalized spacial score (nSPS) is 15.2. The van der Waals surface area contributed by atoms with Gasteiger partial charge in [0.1, 0.15) is 5.69 Å². The quantitative estimate of drug-likeness (QED) is 0.705. The molecule has 30 heavy (non-hydrogen) atoms. The SMILES string of the molecule is Cc1ccc(NC(=O)COC(=O)c2ccccn2)cc1S(=O)(=O)N1CCCCCC1. The number of nitrogens with zero attached hydrogens (tertiary/aromatic N) is 2. The first kappa shape index (κ1) is 21.9. The van der Waals surface area contributed by atoms with Gasteiger partial charge in [-0.3, -0.25) is 4.79 Å². The Labute approximate surface area is 176 Å². The van der Waals surface area contributed by atoms with Crippen molar-refractivity contribution in [2.45, 2.75) is 37.5 Å². The molecule has 0 aliphatic carbocycles. The van der Waals surface area contributed by atoms with Gasteiger partial charge in [-0.1, -0.05) is 25.0 Å². The molecule has 9 heteroatoms. The van der Waals surface area contributed by atoms with Crippen LogP contribution in [0.3, 0.4) is 0 Å². The standard InChI is InChI=1S/C21H25N3O5S/c1-16-9-10-17(14-19(16)30(27,28)24-12-6-2-3-7-13-24)23-20(25)15-29-21(26)18-8-4-5-11-22-18/h4-5,8-11,14H,2-3,6-7,12-13,15H2,1H3,(H,23,25). The Morgan fingerprint density at radius 1 is 1.10 bits per heavy atom. The molecule has 2 heterocycles. The summed E-state index contributed by atoms with van der Waals surface area (Å²) in [5.41, 5.74) is 1.04. The topological polar surface area (TPSA) is 106 Å². The fourth-order valence-electron chi connectivity index (χ4n) is 3.26. The maximum absolute atomic E-state index is 13.1. The molecule has 0 atom stereocenters. The summed E-state index contributed by atoms with van der Waals surface area (Å²) < 4.78 is 32.7. The predicted octanol–water partition coefficient (Wildman–Crippen LogP) is 2.75. The lowest BCUT2D eigenvalue weighted by Gasteiger charge is -2.21. The first-order chi connectivity index (χ1) is 14.4. The molecular formula is C21H25N3O5S. The van der Waals surface area contributed by atoms with Gasteiger partial charge in [0.05, 0.1) is 4.90 Å². The van der Waals surface area contributed by atoms with Crippen molar-refractivity contribution >= 4 is 27.6 Å².